The maximum absolute atomic E-state index is 6.35. The number of hydrogen-bond donors (Lipinski definition) is 1. The molecule has 0 aliphatic carbocycles. The summed E-state index contributed by atoms with van der Waals surface area (Å²) >= 11 is 0. The molecule has 0 aliphatic heterocycles. The van der Waals surface area contributed by atoms with Crippen LogP contribution in [0.1, 0.15) is 38.3 Å². The molecule has 20 heavy (non-hydrogen) atoms. The fourth-order valence-corrected chi connectivity index (χ4v) is 2.59. The molecule has 1 aromatic carbocycles. The fraction of sp³-hybridized carbons (Fsp3) is 0.625. The van der Waals surface area contributed by atoms with Crippen LogP contribution in [0.2, 0.25) is 0 Å². The van der Waals surface area contributed by atoms with Crippen molar-refractivity contribution in [2.24, 2.45) is 5.73 Å². The van der Waals surface area contributed by atoms with Gasteiger partial charge in [0.05, 0.1) is 14.2 Å². The fourth-order valence-electron chi connectivity index (χ4n) is 2.59. The van der Waals surface area contributed by atoms with Gasteiger partial charge in [-0.3, -0.25) is 0 Å². The van der Waals surface area contributed by atoms with Crippen molar-refractivity contribution in [3.8, 4) is 11.5 Å². The van der Waals surface area contributed by atoms with Crippen LogP contribution in [0.4, 0.5) is 0 Å². The van der Waals surface area contributed by atoms with Gasteiger partial charge in [-0.2, -0.15) is 0 Å². The molecule has 4 heteroatoms. The Balaban J connectivity index is 2.83. The van der Waals surface area contributed by atoms with Gasteiger partial charge in [0.1, 0.15) is 11.5 Å². The van der Waals surface area contributed by atoms with E-state index in [2.05, 4.69) is 25.8 Å². The zero-order valence-corrected chi connectivity index (χ0v) is 13.3. The van der Waals surface area contributed by atoms with Crippen molar-refractivity contribution in [2.75, 3.05) is 27.8 Å². The minimum atomic E-state index is -0.0681. The van der Waals surface area contributed by atoms with Gasteiger partial charge in [0, 0.05) is 30.3 Å². The summed E-state index contributed by atoms with van der Waals surface area (Å²) in [5, 5.41) is 0. The van der Waals surface area contributed by atoms with E-state index in [0.29, 0.717) is 6.04 Å². The largest absolute Gasteiger partial charge is 0.497 e. The van der Waals surface area contributed by atoms with Crippen molar-refractivity contribution in [3.05, 3.63) is 23.8 Å². The molecule has 0 amide bonds. The Morgan fingerprint density at radius 1 is 1.15 bits per heavy atom. The van der Waals surface area contributed by atoms with Crippen molar-refractivity contribution in [1.82, 2.24) is 4.90 Å². The number of hydrogen-bond acceptors (Lipinski definition) is 4. The molecular formula is C16H28N2O2. The van der Waals surface area contributed by atoms with Crippen molar-refractivity contribution in [1.29, 1.82) is 0 Å². The molecule has 0 bridgehead atoms. The number of nitrogens with two attached hydrogens (primary N) is 1. The smallest absolute Gasteiger partial charge is 0.127 e. The predicted octanol–water partition coefficient (Wildman–Crippen LogP) is 2.82. The van der Waals surface area contributed by atoms with Crippen molar-refractivity contribution in [3.63, 3.8) is 0 Å². The zero-order chi connectivity index (χ0) is 15.1. The highest BCUT2D eigenvalue weighted by atomic mass is 16.5. The van der Waals surface area contributed by atoms with Gasteiger partial charge < -0.3 is 20.1 Å². The first-order valence-electron chi connectivity index (χ1n) is 7.25. The third kappa shape index (κ3) is 4.12. The zero-order valence-electron chi connectivity index (χ0n) is 13.3. The monoisotopic (exact) mass is 280 g/mol. The van der Waals surface area contributed by atoms with Gasteiger partial charge in [-0.05, 0) is 26.0 Å². The lowest BCUT2D eigenvalue weighted by Gasteiger charge is -2.29. The summed E-state index contributed by atoms with van der Waals surface area (Å²) in [5.74, 6) is 1.57. The summed E-state index contributed by atoms with van der Waals surface area (Å²) in [4.78, 5) is 2.33. The van der Waals surface area contributed by atoms with Crippen LogP contribution in [0.15, 0.2) is 18.2 Å². The molecule has 4 nitrogen and oxygen atoms in total. The van der Waals surface area contributed by atoms with E-state index in [0.717, 1.165) is 36.4 Å². The van der Waals surface area contributed by atoms with Crippen LogP contribution in [0, 0.1) is 0 Å². The third-order valence-electron chi connectivity index (χ3n) is 3.89. The van der Waals surface area contributed by atoms with Crippen LogP contribution >= 0.6 is 0 Å². The SMILES string of the molecule is CCC(CC)N(C)CC(N)c1ccc(OC)cc1OC. The summed E-state index contributed by atoms with van der Waals surface area (Å²) in [5.41, 5.74) is 7.37. The molecule has 2 N–H and O–H groups in total. The Morgan fingerprint density at radius 2 is 1.80 bits per heavy atom. The van der Waals surface area contributed by atoms with Gasteiger partial charge in [0.15, 0.2) is 0 Å². The number of ether oxygens (including phenoxy) is 2. The molecule has 0 heterocycles. The van der Waals surface area contributed by atoms with Gasteiger partial charge in [-0.25, -0.2) is 0 Å². The first-order chi connectivity index (χ1) is 9.57. The highest BCUT2D eigenvalue weighted by Gasteiger charge is 2.18. The van der Waals surface area contributed by atoms with E-state index in [1.54, 1.807) is 14.2 Å². The molecule has 1 rings (SSSR count). The number of likely N-dealkylation sites (N-methyl/N-ethyl adjacent to an activating group) is 1. The number of methoxy groups -OCH3 is 2. The van der Waals surface area contributed by atoms with Crippen LogP contribution in [-0.2, 0) is 0 Å². The maximum Gasteiger partial charge on any atom is 0.127 e. The highest BCUT2D eigenvalue weighted by Crippen LogP contribution is 2.29. The van der Waals surface area contributed by atoms with E-state index >= 15 is 0 Å². The molecule has 0 aromatic heterocycles. The first kappa shape index (κ1) is 16.8. The molecule has 0 spiro atoms. The Kier molecular flexibility index (Phi) is 6.82. The number of nitrogens with zero attached hydrogens (tertiary/aromatic N) is 1. The van der Waals surface area contributed by atoms with E-state index in [4.69, 9.17) is 15.2 Å². The van der Waals surface area contributed by atoms with E-state index in [1.807, 2.05) is 18.2 Å². The van der Waals surface area contributed by atoms with Crippen molar-refractivity contribution < 1.29 is 9.47 Å². The summed E-state index contributed by atoms with van der Waals surface area (Å²) in [6.07, 6.45) is 2.28. The van der Waals surface area contributed by atoms with Crippen LogP contribution in [0.5, 0.6) is 11.5 Å². The lowest BCUT2D eigenvalue weighted by Crippen LogP contribution is -2.36. The molecule has 0 saturated heterocycles. The van der Waals surface area contributed by atoms with Gasteiger partial charge >= 0.3 is 0 Å². The van der Waals surface area contributed by atoms with Gasteiger partial charge in [-0.1, -0.05) is 19.9 Å². The normalized spacial score (nSPS) is 12.8. The Labute approximate surface area is 122 Å². The minimum Gasteiger partial charge on any atom is -0.497 e. The van der Waals surface area contributed by atoms with E-state index < -0.39 is 0 Å². The van der Waals surface area contributed by atoms with Gasteiger partial charge in [0.2, 0.25) is 0 Å². The lowest BCUT2D eigenvalue weighted by atomic mass is 10.0. The lowest BCUT2D eigenvalue weighted by molar-refractivity contribution is 0.216. The summed E-state index contributed by atoms with van der Waals surface area (Å²) in [7, 11) is 5.44. The average Bonchev–Trinajstić information content (AvgIpc) is 2.47. The molecule has 1 aromatic rings. The molecule has 0 saturated carbocycles. The molecule has 1 atom stereocenters. The summed E-state index contributed by atoms with van der Waals surface area (Å²) in [6, 6.07) is 6.30. The first-order valence-corrected chi connectivity index (χ1v) is 7.25. The average molecular weight is 280 g/mol. The van der Waals surface area contributed by atoms with Crippen LogP contribution in [-0.4, -0.2) is 38.8 Å². The quantitative estimate of drug-likeness (QED) is 0.795. The standard InChI is InChI=1S/C16H28N2O2/c1-6-12(7-2)18(3)11-15(17)14-9-8-13(19-4)10-16(14)20-5/h8-10,12,15H,6-7,11,17H2,1-5H3. The molecule has 0 radical (unpaired) electrons. The van der Waals surface area contributed by atoms with Crippen molar-refractivity contribution in [2.45, 2.75) is 38.8 Å². The van der Waals surface area contributed by atoms with Crippen LogP contribution in [0.25, 0.3) is 0 Å². The molecule has 114 valence electrons. The molecule has 0 aliphatic rings. The van der Waals surface area contributed by atoms with Crippen LogP contribution < -0.4 is 15.2 Å². The predicted molar refractivity (Wildman–Crippen MR) is 83.5 cm³/mol. The topological polar surface area (TPSA) is 47.7 Å². The summed E-state index contributed by atoms with van der Waals surface area (Å²) < 4.78 is 10.6. The van der Waals surface area contributed by atoms with Gasteiger partial charge in [-0.15, -0.1) is 0 Å². The second kappa shape index (κ2) is 8.12. The Bertz CT molecular complexity index is 405. The minimum absolute atomic E-state index is 0.0681. The molecular weight excluding hydrogens is 252 g/mol. The second-order valence-electron chi connectivity index (χ2n) is 5.12. The Hall–Kier alpha value is -1.26. The third-order valence-corrected chi connectivity index (χ3v) is 3.89. The molecule has 1 unspecified atom stereocenters. The highest BCUT2D eigenvalue weighted by molar-refractivity contribution is 5.42. The van der Waals surface area contributed by atoms with Crippen LogP contribution in [0.3, 0.4) is 0 Å². The van der Waals surface area contributed by atoms with Gasteiger partial charge in [0.25, 0.3) is 0 Å². The Morgan fingerprint density at radius 3 is 2.30 bits per heavy atom. The van der Waals surface area contributed by atoms with Crippen molar-refractivity contribution >= 4 is 0 Å². The molecule has 0 fully saturated rings. The van der Waals surface area contributed by atoms with E-state index in [-0.39, 0.29) is 6.04 Å². The number of rotatable bonds is 8. The maximum atomic E-state index is 6.35. The second-order valence-corrected chi connectivity index (χ2v) is 5.12. The van der Waals surface area contributed by atoms with E-state index in [9.17, 15) is 0 Å². The van der Waals surface area contributed by atoms with E-state index in [1.165, 1.54) is 0 Å². The number of benzene rings is 1. The summed E-state index contributed by atoms with van der Waals surface area (Å²) in [6.45, 7) is 5.24.